The van der Waals surface area contributed by atoms with Crippen molar-refractivity contribution in [3.8, 4) is 11.5 Å². The zero-order valence-corrected chi connectivity index (χ0v) is 10.3. The Labute approximate surface area is 109 Å². The van der Waals surface area contributed by atoms with Gasteiger partial charge in [0.1, 0.15) is 5.82 Å². The number of nitrogen functional groups attached to an aromatic ring is 1. The van der Waals surface area contributed by atoms with Gasteiger partial charge in [0, 0.05) is 25.3 Å². The van der Waals surface area contributed by atoms with Crippen molar-refractivity contribution >= 4 is 5.69 Å². The summed E-state index contributed by atoms with van der Waals surface area (Å²) in [5.41, 5.74) is 6.59. The zero-order chi connectivity index (χ0) is 13.2. The Kier molecular flexibility index (Phi) is 3.16. The van der Waals surface area contributed by atoms with Gasteiger partial charge in [-0.1, -0.05) is 5.16 Å². The maximum Gasteiger partial charge on any atom is 0.260 e. The largest absolute Gasteiger partial charge is 0.398 e. The van der Waals surface area contributed by atoms with Gasteiger partial charge in [-0.15, -0.1) is 0 Å². The molecule has 1 aliphatic heterocycles. The molecular weight excluding hydrogens is 249 g/mol. The van der Waals surface area contributed by atoms with Crippen LogP contribution in [-0.2, 0) is 11.2 Å². The molecule has 0 spiro atoms. The minimum Gasteiger partial charge on any atom is -0.398 e. The lowest BCUT2D eigenvalue weighted by Crippen LogP contribution is -2.04. The number of nitrogens with two attached hydrogens (primary N) is 1. The first kappa shape index (κ1) is 12.1. The fraction of sp³-hybridized carbons (Fsp3) is 0.385. The van der Waals surface area contributed by atoms with Gasteiger partial charge >= 0.3 is 0 Å². The van der Waals surface area contributed by atoms with E-state index in [1.807, 2.05) is 0 Å². The molecule has 0 saturated carbocycles. The Morgan fingerprint density at radius 3 is 3.05 bits per heavy atom. The van der Waals surface area contributed by atoms with Crippen LogP contribution in [0.5, 0.6) is 0 Å². The number of aromatic nitrogens is 2. The van der Waals surface area contributed by atoms with E-state index in [0.29, 0.717) is 28.9 Å². The van der Waals surface area contributed by atoms with Crippen molar-refractivity contribution in [2.45, 2.75) is 12.8 Å². The van der Waals surface area contributed by atoms with Crippen LogP contribution < -0.4 is 5.73 Å². The smallest absolute Gasteiger partial charge is 0.260 e. The summed E-state index contributed by atoms with van der Waals surface area (Å²) < 4.78 is 23.5. The standard InChI is InChI=1S/C13H14FN3O2/c14-9-1-2-10(11(15)6-9)13-16-12(17-19-13)5-8-3-4-18-7-8/h1-2,6,8H,3-5,7,15H2. The van der Waals surface area contributed by atoms with Crippen LogP contribution in [0.25, 0.3) is 11.5 Å². The summed E-state index contributed by atoms with van der Waals surface area (Å²) in [4.78, 5) is 4.30. The minimum absolute atomic E-state index is 0.291. The van der Waals surface area contributed by atoms with Crippen LogP contribution in [-0.4, -0.2) is 23.4 Å². The Hall–Kier alpha value is -1.95. The number of hydrogen-bond donors (Lipinski definition) is 1. The normalized spacial score (nSPS) is 18.9. The molecule has 3 rings (SSSR count). The zero-order valence-electron chi connectivity index (χ0n) is 10.3. The first-order valence-corrected chi connectivity index (χ1v) is 6.18. The molecule has 5 nitrogen and oxygen atoms in total. The molecule has 2 N–H and O–H groups in total. The SMILES string of the molecule is Nc1cc(F)ccc1-c1nc(CC2CCOC2)no1. The van der Waals surface area contributed by atoms with E-state index in [-0.39, 0.29) is 5.82 Å². The van der Waals surface area contributed by atoms with E-state index < -0.39 is 0 Å². The molecular formula is C13H14FN3O2. The van der Waals surface area contributed by atoms with Gasteiger partial charge in [-0.25, -0.2) is 4.39 Å². The molecule has 1 aliphatic rings. The molecule has 19 heavy (non-hydrogen) atoms. The van der Waals surface area contributed by atoms with E-state index >= 15 is 0 Å². The van der Waals surface area contributed by atoms with Crippen molar-refractivity contribution in [1.29, 1.82) is 0 Å². The lowest BCUT2D eigenvalue weighted by atomic mass is 10.1. The van der Waals surface area contributed by atoms with E-state index in [2.05, 4.69) is 10.1 Å². The fourth-order valence-electron chi connectivity index (χ4n) is 2.18. The van der Waals surface area contributed by atoms with Gasteiger partial charge in [0.05, 0.1) is 5.56 Å². The third-order valence-corrected chi connectivity index (χ3v) is 3.21. The second-order valence-corrected chi connectivity index (χ2v) is 4.68. The second kappa shape index (κ2) is 4.97. The van der Waals surface area contributed by atoms with Crippen molar-refractivity contribution in [3.05, 3.63) is 29.8 Å². The first-order chi connectivity index (χ1) is 9.22. The van der Waals surface area contributed by atoms with E-state index in [1.54, 1.807) is 6.07 Å². The highest BCUT2D eigenvalue weighted by Gasteiger charge is 2.20. The van der Waals surface area contributed by atoms with Crippen LogP contribution in [0.2, 0.25) is 0 Å². The number of hydrogen-bond acceptors (Lipinski definition) is 5. The third-order valence-electron chi connectivity index (χ3n) is 3.21. The summed E-state index contributed by atoms with van der Waals surface area (Å²) in [7, 11) is 0. The quantitative estimate of drug-likeness (QED) is 0.858. The monoisotopic (exact) mass is 263 g/mol. The Balaban J connectivity index is 1.80. The van der Waals surface area contributed by atoms with Crippen LogP contribution in [0.1, 0.15) is 12.2 Å². The Bertz CT molecular complexity index is 579. The maximum absolute atomic E-state index is 13.0. The summed E-state index contributed by atoms with van der Waals surface area (Å²) in [5.74, 6) is 1.01. The number of nitrogens with zero attached hydrogens (tertiary/aromatic N) is 2. The topological polar surface area (TPSA) is 74.2 Å². The minimum atomic E-state index is -0.385. The van der Waals surface area contributed by atoms with Gasteiger partial charge < -0.3 is 15.0 Å². The van der Waals surface area contributed by atoms with Gasteiger partial charge in [0.2, 0.25) is 0 Å². The van der Waals surface area contributed by atoms with Gasteiger partial charge in [-0.05, 0) is 30.5 Å². The number of halogens is 1. The van der Waals surface area contributed by atoms with E-state index in [4.69, 9.17) is 15.0 Å². The van der Waals surface area contributed by atoms with Crippen molar-refractivity contribution < 1.29 is 13.7 Å². The van der Waals surface area contributed by atoms with Crippen molar-refractivity contribution in [1.82, 2.24) is 10.1 Å². The number of benzene rings is 1. The van der Waals surface area contributed by atoms with Crippen LogP contribution in [0.4, 0.5) is 10.1 Å². The van der Waals surface area contributed by atoms with Crippen molar-refractivity contribution in [2.75, 3.05) is 18.9 Å². The molecule has 6 heteroatoms. The molecule has 1 aromatic heterocycles. The lowest BCUT2D eigenvalue weighted by molar-refractivity contribution is 0.185. The molecule has 1 fully saturated rings. The molecule has 2 heterocycles. The predicted molar refractivity (Wildman–Crippen MR) is 66.7 cm³/mol. The molecule has 2 aromatic rings. The number of ether oxygens (including phenoxy) is 1. The molecule has 0 bridgehead atoms. The van der Waals surface area contributed by atoms with Gasteiger partial charge in [-0.2, -0.15) is 4.98 Å². The molecule has 1 atom stereocenters. The summed E-state index contributed by atoms with van der Waals surface area (Å²) in [6, 6.07) is 4.10. The van der Waals surface area contributed by atoms with Crippen molar-refractivity contribution in [3.63, 3.8) is 0 Å². The maximum atomic E-state index is 13.0. The van der Waals surface area contributed by atoms with Crippen LogP contribution >= 0.6 is 0 Å². The van der Waals surface area contributed by atoms with Gasteiger partial charge in [0.15, 0.2) is 5.82 Å². The molecule has 0 amide bonds. The molecule has 1 aromatic carbocycles. The average Bonchev–Trinajstić information content (AvgIpc) is 3.01. The summed E-state index contributed by atoms with van der Waals surface area (Å²) in [5, 5.41) is 3.93. The van der Waals surface area contributed by atoms with Gasteiger partial charge in [-0.3, -0.25) is 0 Å². The summed E-state index contributed by atoms with van der Waals surface area (Å²) in [6.07, 6.45) is 1.74. The first-order valence-electron chi connectivity index (χ1n) is 6.18. The summed E-state index contributed by atoms with van der Waals surface area (Å²) >= 11 is 0. The lowest BCUT2D eigenvalue weighted by Gasteiger charge is -2.01. The van der Waals surface area contributed by atoms with E-state index in [9.17, 15) is 4.39 Å². The predicted octanol–water partition coefficient (Wildman–Crippen LogP) is 2.04. The van der Waals surface area contributed by atoms with Crippen LogP contribution in [0.15, 0.2) is 22.7 Å². The molecule has 0 radical (unpaired) electrons. The fourth-order valence-corrected chi connectivity index (χ4v) is 2.18. The highest BCUT2D eigenvalue weighted by Crippen LogP contribution is 2.26. The second-order valence-electron chi connectivity index (χ2n) is 4.68. The highest BCUT2D eigenvalue weighted by molar-refractivity contribution is 5.70. The summed E-state index contributed by atoms with van der Waals surface area (Å²) in [6.45, 7) is 1.53. The number of anilines is 1. The Morgan fingerprint density at radius 2 is 2.32 bits per heavy atom. The average molecular weight is 263 g/mol. The van der Waals surface area contributed by atoms with Crippen molar-refractivity contribution in [2.24, 2.45) is 5.92 Å². The molecule has 1 saturated heterocycles. The third kappa shape index (κ3) is 2.58. The van der Waals surface area contributed by atoms with Gasteiger partial charge in [0.25, 0.3) is 5.89 Å². The molecule has 1 unspecified atom stereocenters. The molecule has 0 aliphatic carbocycles. The Morgan fingerprint density at radius 1 is 1.42 bits per heavy atom. The molecule has 100 valence electrons. The van der Waals surface area contributed by atoms with Crippen LogP contribution in [0.3, 0.4) is 0 Å². The highest BCUT2D eigenvalue weighted by atomic mass is 19.1. The van der Waals surface area contributed by atoms with E-state index in [0.717, 1.165) is 26.1 Å². The number of rotatable bonds is 3. The van der Waals surface area contributed by atoms with Crippen LogP contribution in [0, 0.1) is 11.7 Å². The van der Waals surface area contributed by atoms with E-state index in [1.165, 1.54) is 12.1 Å².